The maximum atomic E-state index is 12.6. The normalized spacial score (nSPS) is 13.1. The Morgan fingerprint density at radius 1 is 1.37 bits per heavy atom. The average Bonchev–Trinajstić information content (AvgIpc) is 2.35. The van der Waals surface area contributed by atoms with Gasteiger partial charge in [0.05, 0.1) is 11.6 Å². The van der Waals surface area contributed by atoms with Gasteiger partial charge >= 0.3 is 6.18 Å². The number of hydrogen-bond acceptors (Lipinski definition) is 1. The third kappa shape index (κ3) is 4.93. The predicted molar refractivity (Wildman–Crippen MR) is 67.5 cm³/mol. The molecule has 106 valence electrons. The van der Waals surface area contributed by atoms with Gasteiger partial charge in [0, 0.05) is 6.42 Å². The number of nitrogens with one attached hydrogen (secondary N) is 1. The number of rotatable bonds is 5. The quantitative estimate of drug-likeness (QED) is 0.860. The number of alkyl halides is 3. The van der Waals surface area contributed by atoms with Crippen molar-refractivity contribution in [1.82, 2.24) is 5.32 Å². The lowest BCUT2D eigenvalue weighted by Crippen LogP contribution is -2.26. The molecule has 0 aliphatic rings. The average molecular weight is 273 g/mol. The first-order valence-electron chi connectivity index (χ1n) is 6.31. The number of unbranched alkanes of at least 4 members (excludes halogenated alkanes) is 1. The van der Waals surface area contributed by atoms with E-state index in [9.17, 15) is 18.0 Å². The second-order valence-electron chi connectivity index (χ2n) is 4.52. The molecule has 0 spiro atoms. The van der Waals surface area contributed by atoms with Gasteiger partial charge in [-0.2, -0.15) is 13.2 Å². The van der Waals surface area contributed by atoms with E-state index in [0.29, 0.717) is 12.0 Å². The number of benzene rings is 1. The Bertz CT molecular complexity index is 429. The van der Waals surface area contributed by atoms with Crippen LogP contribution in [0.2, 0.25) is 0 Å². The molecule has 0 saturated carbocycles. The molecule has 1 amide bonds. The Morgan fingerprint density at radius 2 is 2.05 bits per heavy atom. The predicted octanol–water partition coefficient (Wildman–Crippen LogP) is 4.07. The Balaban J connectivity index is 2.72. The molecule has 1 N–H and O–H groups in total. The molecule has 1 aromatic rings. The molecular formula is C14H18F3NO. The van der Waals surface area contributed by atoms with E-state index in [1.54, 1.807) is 13.0 Å². The van der Waals surface area contributed by atoms with Crippen LogP contribution in [0.4, 0.5) is 13.2 Å². The largest absolute Gasteiger partial charge is 0.416 e. The highest BCUT2D eigenvalue weighted by atomic mass is 19.4. The lowest BCUT2D eigenvalue weighted by atomic mass is 10.0. The summed E-state index contributed by atoms with van der Waals surface area (Å²) in [6.45, 7) is 3.66. The number of carbonyl (C=O) groups excluding carboxylic acids is 1. The summed E-state index contributed by atoms with van der Waals surface area (Å²) in [5, 5.41) is 2.70. The van der Waals surface area contributed by atoms with Gasteiger partial charge < -0.3 is 5.32 Å². The van der Waals surface area contributed by atoms with E-state index < -0.39 is 17.8 Å². The molecule has 1 rings (SSSR count). The zero-order valence-electron chi connectivity index (χ0n) is 11.1. The van der Waals surface area contributed by atoms with Gasteiger partial charge in [-0.3, -0.25) is 4.79 Å². The molecule has 0 fully saturated rings. The second-order valence-corrected chi connectivity index (χ2v) is 4.52. The lowest BCUT2D eigenvalue weighted by Gasteiger charge is -2.16. The Labute approximate surface area is 111 Å². The fraction of sp³-hybridized carbons (Fsp3) is 0.500. The van der Waals surface area contributed by atoms with E-state index in [4.69, 9.17) is 0 Å². The Hall–Kier alpha value is -1.52. The number of halogens is 3. The van der Waals surface area contributed by atoms with Crippen LogP contribution in [-0.4, -0.2) is 5.91 Å². The molecule has 0 bridgehead atoms. The van der Waals surface area contributed by atoms with Crippen molar-refractivity contribution >= 4 is 5.91 Å². The first kappa shape index (κ1) is 15.5. The van der Waals surface area contributed by atoms with Gasteiger partial charge in [0.2, 0.25) is 5.91 Å². The summed E-state index contributed by atoms with van der Waals surface area (Å²) in [6, 6.07) is 4.61. The first-order chi connectivity index (χ1) is 8.84. The van der Waals surface area contributed by atoms with Gasteiger partial charge in [0.15, 0.2) is 0 Å². The maximum Gasteiger partial charge on any atom is 0.416 e. The highest BCUT2D eigenvalue weighted by Gasteiger charge is 2.30. The smallest absolute Gasteiger partial charge is 0.350 e. The summed E-state index contributed by atoms with van der Waals surface area (Å²) < 4.78 is 37.7. The molecule has 0 aliphatic carbocycles. The minimum atomic E-state index is -4.36. The van der Waals surface area contributed by atoms with E-state index in [0.717, 1.165) is 25.0 Å². The molecule has 1 aromatic carbocycles. The van der Waals surface area contributed by atoms with Crippen molar-refractivity contribution in [2.75, 3.05) is 0 Å². The topological polar surface area (TPSA) is 29.1 Å². The summed E-state index contributed by atoms with van der Waals surface area (Å²) in [6.07, 6.45) is -2.27. The third-order valence-corrected chi connectivity index (χ3v) is 2.85. The number of hydrogen-bond donors (Lipinski definition) is 1. The molecule has 2 nitrogen and oxygen atoms in total. The van der Waals surface area contributed by atoms with E-state index >= 15 is 0 Å². The number of amides is 1. The summed E-state index contributed by atoms with van der Waals surface area (Å²) >= 11 is 0. The van der Waals surface area contributed by atoms with Gasteiger partial charge in [-0.1, -0.05) is 25.5 Å². The molecule has 1 atom stereocenters. The van der Waals surface area contributed by atoms with Crippen molar-refractivity contribution in [2.45, 2.75) is 45.3 Å². The fourth-order valence-electron chi connectivity index (χ4n) is 1.72. The molecule has 19 heavy (non-hydrogen) atoms. The minimum absolute atomic E-state index is 0.133. The monoisotopic (exact) mass is 273 g/mol. The van der Waals surface area contributed by atoms with Crippen LogP contribution in [-0.2, 0) is 11.0 Å². The van der Waals surface area contributed by atoms with E-state index in [-0.39, 0.29) is 5.91 Å². The van der Waals surface area contributed by atoms with Crippen LogP contribution >= 0.6 is 0 Å². The zero-order valence-corrected chi connectivity index (χ0v) is 11.1. The summed E-state index contributed by atoms with van der Waals surface area (Å²) in [4.78, 5) is 11.5. The maximum absolute atomic E-state index is 12.6. The Kier molecular flexibility index (Phi) is 5.39. The molecule has 0 radical (unpaired) electrons. The minimum Gasteiger partial charge on any atom is -0.350 e. The van der Waals surface area contributed by atoms with Gasteiger partial charge in [0.1, 0.15) is 0 Å². The lowest BCUT2D eigenvalue weighted by molar-refractivity contribution is -0.137. The van der Waals surface area contributed by atoms with Crippen LogP contribution in [0.25, 0.3) is 0 Å². The van der Waals surface area contributed by atoms with Crippen molar-refractivity contribution in [2.24, 2.45) is 0 Å². The highest BCUT2D eigenvalue weighted by Crippen LogP contribution is 2.30. The van der Waals surface area contributed by atoms with Crippen molar-refractivity contribution < 1.29 is 18.0 Å². The second kappa shape index (κ2) is 6.59. The molecule has 0 aliphatic heterocycles. The summed E-state index contributed by atoms with van der Waals surface area (Å²) in [5.74, 6) is -0.133. The molecule has 0 heterocycles. The fourth-order valence-corrected chi connectivity index (χ4v) is 1.72. The van der Waals surface area contributed by atoms with Crippen LogP contribution in [0, 0.1) is 0 Å². The van der Waals surface area contributed by atoms with Crippen molar-refractivity contribution in [1.29, 1.82) is 0 Å². The van der Waals surface area contributed by atoms with E-state index in [1.807, 2.05) is 6.92 Å². The first-order valence-corrected chi connectivity index (χ1v) is 6.31. The van der Waals surface area contributed by atoms with Crippen molar-refractivity contribution in [3.8, 4) is 0 Å². The van der Waals surface area contributed by atoms with Crippen molar-refractivity contribution in [3.05, 3.63) is 35.4 Å². The summed E-state index contributed by atoms with van der Waals surface area (Å²) in [7, 11) is 0. The number of carbonyl (C=O) groups is 1. The van der Waals surface area contributed by atoms with Gasteiger partial charge in [-0.05, 0) is 31.0 Å². The third-order valence-electron chi connectivity index (χ3n) is 2.85. The summed E-state index contributed by atoms with van der Waals surface area (Å²) in [5.41, 5.74) is -0.237. The van der Waals surface area contributed by atoms with E-state index in [1.165, 1.54) is 6.07 Å². The zero-order chi connectivity index (χ0) is 14.5. The van der Waals surface area contributed by atoms with Gasteiger partial charge in [0.25, 0.3) is 0 Å². The van der Waals surface area contributed by atoms with Gasteiger partial charge in [-0.25, -0.2) is 0 Å². The van der Waals surface area contributed by atoms with Crippen LogP contribution in [0.1, 0.15) is 50.3 Å². The highest BCUT2D eigenvalue weighted by molar-refractivity contribution is 5.76. The van der Waals surface area contributed by atoms with Crippen LogP contribution in [0.15, 0.2) is 24.3 Å². The SMILES string of the molecule is CCCCC(=O)N[C@H](C)c1cccc(C(F)(F)F)c1. The van der Waals surface area contributed by atoms with Crippen molar-refractivity contribution in [3.63, 3.8) is 0 Å². The van der Waals surface area contributed by atoms with Crippen LogP contribution < -0.4 is 5.32 Å². The van der Waals surface area contributed by atoms with Gasteiger partial charge in [-0.15, -0.1) is 0 Å². The molecule has 0 saturated heterocycles. The van der Waals surface area contributed by atoms with Crippen LogP contribution in [0.5, 0.6) is 0 Å². The standard InChI is InChI=1S/C14H18F3NO/c1-3-4-8-13(19)18-10(2)11-6-5-7-12(9-11)14(15,16)17/h5-7,9-10H,3-4,8H2,1-2H3,(H,18,19)/t10-/m1/s1. The van der Waals surface area contributed by atoms with Crippen LogP contribution in [0.3, 0.4) is 0 Å². The molecule has 0 aromatic heterocycles. The Morgan fingerprint density at radius 3 is 2.63 bits per heavy atom. The van der Waals surface area contributed by atoms with E-state index in [2.05, 4.69) is 5.32 Å². The molecule has 0 unspecified atom stereocenters. The molecular weight excluding hydrogens is 255 g/mol. The molecule has 5 heteroatoms.